The topological polar surface area (TPSA) is 66.4 Å². The number of hydrogen-bond acceptors (Lipinski definition) is 3. The summed E-state index contributed by atoms with van der Waals surface area (Å²) in [6.07, 6.45) is 1.74. The Morgan fingerprint density at radius 3 is 2.53 bits per heavy atom. The van der Waals surface area contributed by atoms with Gasteiger partial charge in [0.1, 0.15) is 0 Å². The van der Waals surface area contributed by atoms with Crippen molar-refractivity contribution < 1.29 is 14.7 Å². The van der Waals surface area contributed by atoms with Gasteiger partial charge in [0.15, 0.2) is 0 Å². The zero-order valence-electron chi connectivity index (χ0n) is 11.3. The third-order valence-corrected chi connectivity index (χ3v) is 3.90. The van der Waals surface area contributed by atoms with Gasteiger partial charge in [-0.25, -0.2) is 0 Å². The molecule has 0 saturated carbocycles. The number of aliphatic carboxylic acids is 1. The number of benzene rings is 1. The largest absolute Gasteiger partial charge is 0.481 e. The fraction of sp³-hybridized carbons (Fsp3) is 0.429. The summed E-state index contributed by atoms with van der Waals surface area (Å²) in [6.45, 7) is 3.71. The molecule has 0 bridgehead atoms. The molecular formula is C14H19NO3S. The van der Waals surface area contributed by atoms with E-state index in [1.54, 1.807) is 6.92 Å². The van der Waals surface area contributed by atoms with Crippen molar-refractivity contribution in [1.82, 2.24) is 5.32 Å². The van der Waals surface area contributed by atoms with Crippen molar-refractivity contribution in [2.45, 2.75) is 31.6 Å². The maximum absolute atomic E-state index is 11.9. The van der Waals surface area contributed by atoms with Gasteiger partial charge >= 0.3 is 5.97 Å². The lowest BCUT2D eigenvalue weighted by Crippen LogP contribution is -2.35. The molecule has 0 saturated heterocycles. The monoisotopic (exact) mass is 281 g/mol. The Bertz CT molecular complexity index is 462. The van der Waals surface area contributed by atoms with E-state index in [1.807, 2.05) is 37.4 Å². The van der Waals surface area contributed by atoms with Crippen LogP contribution >= 0.6 is 11.8 Å². The first kappa shape index (κ1) is 15.6. The van der Waals surface area contributed by atoms with E-state index in [2.05, 4.69) is 5.32 Å². The van der Waals surface area contributed by atoms with E-state index in [4.69, 9.17) is 5.11 Å². The molecule has 0 spiro atoms. The molecule has 1 rings (SSSR count). The molecule has 0 aliphatic rings. The van der Waals surface area contributed by atoms with E-state index in [9.17, 15) is 9.59 Å². The van der Waals surface area contributed by atoms with E-state index in [-0.39, 0.29) is 17.6 Å². The third-order valence-electron chi connectivity index (χ3n) is 2.98. The minimum atomic E-state index is -0.926. The van der Waals surface area contributed by atoms with Crippen molar-refractivity contribution in [3.05, 3.63) is 35.4 Å². The average molecular weight is 281 g/mol. The molecule has 4 nitrogen and oxygen atoms in total. The Balaban J connectivity index is 2.93. The maximum atomic E-state index is 11.9. The zero-order chi connectivity index (χ0) is 14.4. The molecule has 0 fully saturated rings. The number of thioether (sulfide) groups is 1. The molecule has 0 aliphatic heterocycles. The molecule has 2 atom stereocenters. The fourth-order valence-corrected chi connectivity index (χ4v) is 2.07. The van der Waals surface area contributed by atoms with E-state index in [0.29, 0.717) is 0 Å². The molecule has 0 radical (unpaired) electrons. The van der Waals surface area contributed by atoms with Gasteiger partial charge in [0.2, 0.25) is 5.91 Å². The van der Waals surface area contributed by atoms with Crippen LogP contribution in [0.5, 0.6) is 0 Å². The van der Waals surface area contributed by atoms with Crippen molar-refractivity contribution in [1.29, 1.82) is 0 Å². The highest BCUT2D eigenvalue weighted by atomic mass is 32.2. The van der Waals surface area contributed by atoms with Gasteiger partial charge in [-0.2, -0.15) is 11.8 Å². The second-order valence-corrected chi connectivity index (χ2v) is 5.57. The number of carboxylic acid groups (broad SMARTS) is 1. The summed E-state index contributed by atoms with van der Waals surface area (Å²) in [4.78, 5) is 22.9. The zero-order valence-corrected chi connectivity index (χ0v) is 12.2. The SMILES string of the molecule is CSC(C)C(=O)NC(CC(=O)O)c1ccccc1C. The van der Waals surface area contributed by atoms with E-state index >= 15 is 0 Å². The van der Waals surface area contributed by atoms with Crippen LogP contribution < -0.4 is 5.32 Å². The highest BCUT2D eigenvalue weighted by Crippen LogP contribution is 2.21. The molecule has 2 unspecified atom stereocenters. The van der Waals surface area contributed by atoms with E-state index in [0.717, 1.165) is 11.1 Å². The summed E-state index contributed by atoms with van der Waals surface area (Å²) in [5.41, 5.74) is 1.83. The van der Waals surface area contributed by atoms with Crippen molar-refractivity contribution in [3.8, 4) is 0 Å². The van der Waals surface area contributed by atoms with Crippen LogP contribution in [0, 0.1) is 6.92 Å². The van der Waals surface area contributed by atoms with Crippen molar-refractivity contribution in [3.63, 3.8) is 0 Å². The predicted molar refractivity (Wildman–Crippen MR) is 77.3 cm³/mol. The molecular weight excluding hydrogens is 262 g/mol. The average Bonchev–Trinajstić information content (AvgIpc) is 2.37. The number of rotatable bonds is 6. The lowest BCUT2D eigenvalue weighted by molar-refractivity contribution is -0.137. The first-order valence-electron chi connectivity index (χ1n) is 6.06. The molecule has 0 heterocycles. The number of amides is 1. The van der Waals surface area contributed by atoms with Gasteiger partial charge in [-0.05, 0) is 31.2 Å². The third kappa shape index (κ3) is 4.59. The Morgan fingerprint density at radius 1 is 1.37 bits per heavy atom. The Labute approximate surface area is 117 Å². The number of nitrogens with one attached hydrogen (secondary N) is 1. The minimum absolute atomic E-state index is 0.113. The highest BCUT2D eigenvalue weighted by Gasteiger charge is 2.21. The molecule has 1 amide bonds. The van der Waals surface area contributed by atoms with Crippen LogP contribution in [0.3, 0.4) is 0 Å². The van der Waals surface area contributed by atoms with Crippen LogP contribution in [-0.4, -0.2) is 28.5 Å². The van der Waals surface area contributed by atoms with Crippen LogP contribution in [0.25, 0.3) is 0 Å². The fourth-order valence-electron chi connectivity index (χ4n) is 1.79. The summed E-state index contributed by atoms with van der Waals surface area (Å²) in [6, 6.07) is 7.02. The quantitative estimate of drug-likeness (QED) is 0.840. The first-order valence-corrected chi connectivity index (χ1v) is 7.35. The normalized spacial score (nSPS) is 13.6. The number of carbonyl (C=O) groups excluding carboxylic acids is 1. The van der Waals surface area contributed by atoms with Gasteiger partial charge in [0, 0.05) is 0 Å². The van der Waals surface area contributed by atoms with Gasteiger partial charge in [-0.15, -0.1) is 0 Å². The molecule has 5 heteroatoms. The van der Waals surface area contributed by atoms with Crippen molar-refractivity contribution in [2.75, 3.05) is 6.26 Å². The first-order chi connectivity index (χ1) is 8.95. The molecule has 0 aromatic heterocycles. The number of aryl methyl sites for hydroxylation is 1. The van der Waals surface area contributed by atoms with Crippen LogP contribution in [0.2, 0.25) is 0 Å². The lowest BCUT2D eigenvalue weighted by atomic mass is 9.98. The second-order valence-electron chi connectivity index (χ2n) is 4.39. The highest BCUT2D eigenvalue weighted by molar-refractivity contribution is 7.99. The Hall–Kier alpha value is -1.49. The molecule has 19 heavy (non-hydrogen) atoms. The number of carbonyl (C=O) groups is 2. The van der Waals surface area contributed by atoms with Crippen molar-refractivity contribution >= 4 is 23.6 Å². The number of carboxylic acids is 1. The minimum Gasteiger partial charge on any atom is -0.481 e. The molecule has 2 N–H and O–H groups in total. The Kier molecular flexibility index (Phi) is 5.89. The molecule has 104 valence electrons. The van der Waals surface area contributed by atoms with Crippen LogP contribution in [0.1, 0.15) is 30.5 Å². The summed E-state index contributed by atoms with van der Waals surface area (Å²) >= 11 is 1.43. The Morgan fingerprint density at radius 2 is 2.00 bits per heavy atom. The summed E-state index contributed by atoms with van der Waals surface area (Å²) in [7, 11) is 0. The molecule has 0 aliphatic carbocycles. The van der Waals surface area contributed by atoms with Gasteiger partial charge < -0.3 is 10.4 Å². The maximum Gasteiger partial charge on any atom is 0.305 e. The molecule has 1 aromatic rings. The van der Waals surface area contributed by atoms with Crippen LogP contribution in [0.15, 0.2) is 24.3 Å². The van der Waals surface area contributed by atoms with Gasteiger partial charge in [0.25, 0.3) is 0 Å². The van der Waals surface area contributed by atoms with Gasteiger partial charge in [0.05, 0.1) is 17.7 Å². The predicted octanol–water partition coefficient (Wildman–Crippen LogP) is 2.38. The van der Waals surface area contributed by atoms with Crippen molar-refractivity contribution in [2.24, 2.45) is 0 Å². The van der Waals surface area contributed by atoms with E-state index < -0.39 is 12.0 Å². The standard InChI is InChI=1S/C14H19NO3S/c1-9-6-4-5-7-11(9)12(8-13(16)17)15-14(18)10(2)19-3/h4-7,10,12H,8H2,1-3H3,(H,15,18)(H,16,17). The van der Waals surface area contributed by atoms with Gasteiger partial charge in [-0.3, -0.25) is 9.59 Å². The smallest absolute Gasteiger partial charge is 0.305 e. The summed E-state index contributed by atoms with van der Waals surface area (Å²) in [5.74, 6) is -1.06. The summed E-state index contributed by atoms with van der Waals surface area (Å²) in [5, 5.41) is 11.6. The lowest BCUT2D eigenvalue weighted by Gasteiger charge is -2.21. The second kappa shape index (κ2) is 7.19. The van der Waals surface area contributed by atoms with Crippen LogP contribution in [0.4, 0.5) is 0 Å². The molecule has 1 aromatic carbocycles. The van der Waals surface area contributed by atoms with E-state index in [1.165, 1.54) is 11.8 Å². The van der Waals surface area contributed by atoms with Gasteiger partial charge in [-0.1, -0.05) is 24.3 Å². The number of hydrogen-bond donors (Lipinski definition) is 2. The van der Waals surface area contributed by atoms with Crippen LogP contribution in [-0.2, 0) is 9.59 Å². The summed E-state index contributed by atoms with van der Waals surface area (Å²) < 4.78 is 0.